The summed E-state index contributed by atoms with van der Waals surface area (Å²) in [6, 6.07) is 6.47. The van der Waals surface area contributed by atoms with E-state index < -0.39 is 10.0 Å². The van der Waals surface area contributed by atoms with Crippen molar-refractivity contribution >= 4 is 33.2 Å². The van der Waals surface area contributed by atoms with Gasteiger partial charge in [0.1, 0.15) is 22.8 Å². The molecular weight excluding hydrogens is 422 g/mol. The van der Waals surface area contributed by atoms with Crippen LogP contribution in [0.25, 0.3) is 5.78 Å². The van der Waals surface area contributed by atoms with E-state index in [-0.39, 0.29) is 29.6 Å². The number of methoxy groups -OCH3 is 1. The maximum Gasteiger partial charge on any atom is 0.254 e. The molecular formula is C19H23N7O4S. The van der Waals surface area contributed by atoms with Crippen molar-refractivity contribution in [1.29, 1.82) is 0 Å². The molecule has 1 aromatic carbocycles. The van der Waals surface area contributed by atoms with Crippen LogP contribution in [0.4, 0.5) is 11.5 Å². The Morgan fingerprint density at radius 1 is 1.16 bits per heavy atom. The highest BCUT2D eigenvalue weighted by Crippen LogP contribution is 2.31. The molecule has 11 nitrogen and oxygen atoms in total. The van der Waals surface area contributed by atoms with E-state index in [2.05, 4.69) is 25.3 Å². The first kappa shape index (κ1) is 21.0. The average molecular weight is 446 g/mol. The fourth-order valence-corrected chi connectivity index (χ4v) is 5.20. The van der Waals surface area contributed by atoms with Gasteiger partial charge in [0.2, 0.25) is 15.9 Å². The maximum atomic E-state index is 13.4. The fraction of sp³-hybridized carbons (Fsp3) is 0.368. The summed E-state index contributed by atoms with van der Waals surface area (Å²) in [6.07, 6.45) is 1.44. The van der Waals surface area contributed by atoms with Crippen molar-refractivity contribution < 1.29 is 17.9 Å². The standard InChI is InChI=1S/C19H23N7O4S/c1-13-10-18(26-19(22-13)20-12-21-26)24-6-8-25(9-7-24)31(28,29)17-11-15(23-14(2)27)4-5-16(17)30-3/h4-5,10-12H,6-9H2,1-3H3,(H,23,27). The molecule has 1 aliphatic heterocycles. The van der Waals surface area contributed by atoms with E-state index in [1.165, 1.54) is 36.8 Å². The van der Waals surface area contributed by atoms with Gasteiger partial charge in [-0.25, -0.2) is 13.4 Å². The summed E-state index contributed by atoms with van der Waals surface area (Å²) in [4.78, 5) is 21.9. The van der Waals surface area contributed by atoms with Crippen molar-refractivity contribution in [1.82, 2.24) is 23.9 Å². The van der Waals surface area contributed by atoms with Gasteiger partial charge in [-0.15, -0.1) is 0 Å². The number of hydrogen-bond donors (Lipinski definition) is 1. The minimum atomic E-state index is -3.83. The first-order valence-corrected chi connectivity index (χ1v) is 11.1. The van der Waals surface area contributed by atoms with Crippen LogP contribution in [0.1, 0.15) is 12.6 Å². The summed E-state index contributed by atoms with van der Waals surface area (Å²) in [6.45, 7) is 4.77. The van der Waals surface area contributed by atoms with Crippen molar-refractivity contribution in [3.05, 3.63) is 36.3 Å². The number of benzene rings is 1. The van der Waals surface area contributed by atoms with Crippen LogP contribution >= 0.6 is 0 Å². The highest BCUT2D eigenvalue weighted by atomic mass is 32.2. The van der Waals surface area contributed by atoms with Crippen LogP contribution in [0.15, 0.2) is 35.5 Å². The van der Waals surface area contributed by atoms with E-state index >= 15 is 0 Å². The molecule has 3 heterocycles. The number of carbonyl (C=O) groups excluding carboxylic acids is 1. The molecule has 164 valence electrons. The number of ether oxygens (including phenoxy) is 1. The number of rotatable bonds is 5. The van der Waals surface area contributed by atoms with Crippen LogP contribution in [-0.4, -0.2) is 71.5 Å². The Morgan fingerprint density at radius 2 is 1.90 bits per heavy atom. The molecule has 1 N–H and O–H groups in total. The van der Waals surface area contributed by atoms with Gasteiger partial charge in [-0.05, 0) is 25.1 Å². The first-order chi connectivity index (χ1) is 14.8. The SMILES string of the molecule is COc1ccc(NC(C)=O)cc1S(=O)(=O)N1CCN(c2cc(C)nc3ncnn23)CC1. The Morgan fingerprint density at radius 3 is 2.58 bits per heavy atom. The van der Waals surface area contributed by atoms with Crippen LogP contribution in [0, 0.1) is 6.92 Å². The van der Waals surface area contributed by atoms with Gasteiger partial charge < -0.3 is 15.0 Å². The molecule has 1 amide bonds. The molecule has 0 spiro atoms. The third kappa shape index (κ3) is 4.03. The van der Waals surface area contributed by atoms with Gasteiger partial charge in [0, 0.05) is 50.6 Å². The molecule has 0 atom stereocenters. The fourth-order valence-electron chi connectivity index (χ4n) is 3.59. The summed E-state index contributed by atoms with van der Waals surface area (Å²) in [7, 11) is -2.41. The molecule has 0 saturated carbocycles. The largest absolute Gasteiger partial charge is 0.495 e. The molecule has 0 unspecified atom stereocenters. The smallest absolute Gasteiger partial charge is 0.254 e. The predicted molar refractivity (Wildman–Crippen MR) is 114 cm³/mol. The van der Waals surface area contributed by atoms with Crippen molar-refractivity contribution in [2.45, 2.75) is 18.7 Å². The number of fused-ring (bicyclic) bond motifs is 1. The first-order valence-electron chi connectivity index (χ1n) is 9.67. The zero-order valence-electron chi connectivity index (χ0n) is 17.4. The van der Waals surface area contributed by atoms with Crippen LogP contribution in [0.3, 0.4) is 0 Å². The number of carbonyl (C=O) groups is 1. The summed E-state index contributed by atoms with van der Waals surface area (Å²) in [5.41, 5.74) is 1.21. The Hall–Kier alpha value is -3.25. The van der Waals surface area contributed by atoms with E-state index in [9.17, 15) is 13.2 Å². The molecule has 3 aromatic rings. The average Bonchev–Trinajstić information content (AvgIpc) is 3.21. The molecule has 1 saturated heterocycles. The van der Waals surface area contributed by atoms with E-state index in [1.54, 1.807) is 10.6 Å². The monoisotopic (exact) mass is 445 g/mol. The normalized spacial score (nSPS) is 15.3. The van der Waals surface area contributed by atoms with Gasteiger partial charge in [-0.1, -0.05) is 0 Å². The van der Waals surface area contributed by atoms with Crippen molar-refractivity contribution in [2.24, 2.45) is 0 Å². The summed E-state index contributed by atoms with van der Waals surface area (Å²) in [5, 5.41) is 6.84. The number of nitrogens with zero attached hydrogens (tertiary/aromatic N) is 6. The molecule has 12 heteroatoms. The number of amides is 1. The minimum absolute atomic E-state index is 0.0214. The topological polar surface area (TPSA) is 122 Å². The molecule has 31 heavy (non-hydrogen) atoms. The van der Waals surface area contributed by atoms with E-state index in [0.29, 0.717) is 24.6 Å². The minimum Gasteiger partial charge on any atom is -0.495 e. The third-order valence-corrected chi connectivity index (χ3v) is 6.95. The summed E-state index contributed by atoms with van der Waals surface area (Å²) in [5.74, 6) is 1.27. The Balaban J connectivity index is 1.58. The molecule has 1 aliphatic rings. The second-order valence-electron chi connectivity index (χ2n) is 7.17. The van der Waals surface area contributed by atoms with Gasteiger partial charge in [0.05, 0.1) is 7.11 Å². The number of aryl methyl sites for hydroxylation is 1. The number of aromatic nitrogens is 4. The molecule has 4 rings (SSSR count). The van der Waals surface area contributed by atoms with E-state index in [1.807, 2.05) is 13.0 Å². The molecule has 0 bridgehead atoms. The van der Waals surface area contributed by atoms with Crippen molar-refractivity contribution in [3.63, 3.8) is 0 Å². The van der Waals surface area contributed by atoms with Crippen LogP contribution in [0.2, 0.25) is 0 Å². The molecule has 2 aromatic heterocycles. The number of hydrogen-bond acceptors (Lipinski definition) is 8. The second-order valence-corrected chi connectivity index (χ2v) is 9.07. The van der Waals surface area contributed by atoms with E-state index in [4.69, 9.17) is 4.74 Å². The Labute approximate surface area is 179 Å². The summed E-state index contributed by atoms with van der Waals surface area (Å²) < 4.78 is 35.0. The quantitative estimate of drug-likeness (QED) is 0.615. The van der Waals surface area contributed by atoms with Crippen molar-refractivity contribution in [3.8, 4) is 5.75 Å². The Kier molecular flexibility index (Phi) is 5.50. The lowest BCUT2D eigenvalue weighted by molar-refractivity contribution is -0.114. The third-order valence-electron chi connectivity index (χ3n) is 5.03. The molecule has 0 aliphatic carbocycles. The van der Waals surface area contributed by atoms with Crippen LogP contribution < -0.4 is 15.0 Å². The highest BCUT2D eigenvalue weighted by molar-refractivity contribution is 7.89. The maximum absolute atomic E-state index is 13.4. The zero-order chi connectivity index (χ0) is 22.2. The predicted octanol–water partition coefficient (Wildman–Crippen LogP) is 0.911. The molecule has 0 radical (unpaired) electrons. The Bertz CT molecular complexity index is 1230. The number of piperazine rings is 1. The lowest BCUT2D eigenvalue weighted by atomic mass is 10.3. The van der Waals surface area contributed by atoms with Gasteiger partial charge >= 0.3 is 0 Å². The highest BCUT2D eigenvalue weighted by Gasteiger charge is 2.32. The number of sulfonamides is 1. The lowest BCUT2D eigenvalue weighted by Gasteiger charge is -2.35. The lowest BCUT2D eigenvalue weighted by Crippen LogP contribution is -2.49. The number of anilines is 2. The van der Waals surface area contributed by atoms with Crippen LogP contribution in [-0.2, 0) is 14.8 Å². The van der Waals surface area contributed by atoms with Gasteiger partial charge in [0.15, 0.2) is 0 Å². The summed E-state index contributed by atoms with van der Waals surface area (Å²) >= 11 is 0. The zero-order valence-corrected chi connectivity index (χ0v) is 18.3. The van der Waals surface area contributed by atoms with Crippen LogP contribution in [0.5, 0.6) is 5.75 Å². The van der Waals surface area contributed by atoms with Gasteiger partial charge in [-0.2, -0.15) is 18.9 Å². The van der Waals surface area contributed by atoms with E-state index in [0.717, 1.165) is 11.5 Å². The molecule has 1 fully saturated rings. The number of nitrogens with one attached hydrogen (secondary N) is 1. The van der Waals surface area contributed by atoms with Gasteiger partial charge in [-0.3, -0.25) is 4.79 Å². The van der Waals surface area contributed by atoms with Crippen molar-refractivity contribution in [2.75, 3.05) is 43.5 Å². The second kappa shape index (κ2) is 8.12. The van der Waals surface area contributed by atoms with Gasteiger partial charge in [0.25, 0.3) is 5.78 Å².